The van der Waals surface area contributed by atoms with Crippen molar-refractivity contribution in [3.8, 4) is 22.4 Å². The van der Waals surface area contributed by atoms with E-state index in [1.807, 2.05) is 6.20 Å². The summed E-state index contributed by atoms with van der Waals surface area (Å²) in [6.07, 6.45) is 2.02. The number of hydrogen-bond acceptors (Lipinski definition) is 2. The van der Waals surface area contributed by atoms with Gasteiger partial charge < -0.3 is 9.38 Å². The summed E-state index contributed by atoms with van der Waals surface area (Å²) < 4.78 is 2.60. The van der Waals surface area contributed by atoms with Gasteiger partial charge in [0.2, 0.25) is 0 Å². The molecular formula is C41H34BN3. The second-order valence-electron chi connectivity index (χ2n) is 13.2. The van der Waals surface area contributed by atoms with Gasteiger partial charge in [0.25, 0.3) is 0 Å². The van der Waals surface area contributed by atoms with Gasteiger partial charge in [-0.25, -0.2) is 0 Å². The highest BCUT2D eigenvalue weighted by Crippen LogP contribution is 2.46. The van der Waals surface area contributed by atoms with Gasteiger partial charge in [-0.15, -0.1) is 0 Å². The number of pyridine rings is 1. The lowest BCUT2D eigenvalue weighted by Crippen LogP contribution is -2.57. The second kappa shape index (κ2) is 9.46. The summed E-state index contributed by atoms with van der Waals surface area (Å²) in [6.45, 7) is 11.3. The molecule has 216 valence electrons. The summed E-state index contributed by atoms with van der Waals surface area (Å²) in [7, 11) is 0. The first-order valence-corrected chi connectivity index (χ1v) is 16.0. The molecule has 7 aromatic rings. The first kappa shape index (κ1) is 26.3. The highest BCUT2D eigenvalue weighted by molar-refractivity contribution is 6.90. The number of hydrogen-bond donors (Lipinski definition) is 0. The van der Waals surface area contributed by atoms with Crippen molar-refractivity contribution in [1.29, 1.82) is 0 Å². The van der Waals surface area contributed by atoms with E-state index in [-0.39, 0.29) is 6.85 Å². The van der Waals surface area contributed by atoms with Gasteiger partial charge in [0.1, 0.15) is 0 Å². The molecule has 4 heterocycles. The van der Waals surface area contributed by atoms with Crippen LogP contribution < -0.4 is 15.8 Å². The molecule has 0 saturated heterocycles. The van der Waals surface area contributed by atoms with E-state index in [1.54, 1.807) is 0 Å². The third-order valence-electron chi connectivity index (χ3n) is 10.0. The monoisotopic (exact) mass is 579 g/mol. The predicted molar refractivity (Wildman–Crippen MR) is 192 cm³/mol. The lowest BCUT2D eigenvalue weighted by atomic mass is 9.45. The van der Waals surface area contributed by atoms with Crippen molar-refractivity contribution >= 4 is 56.6 Å². The van der Waals surface area contributed by atoms with Crippen LogP contribution in [0.25, 0.3) is 44.2 Å². The summed E-state index contributed by atoms with van der Waals surface area (Å²) in [5.74, 6) is 0.361. The van der Waals surface area contributed by atoms with E-state index < -0.39 is 0 Å². The Balaban J connectivity index is 1.41. The van der Waals surface area contributed by atoms with E-state index >= 15 is 0 Å². The molecule has 0 aliphatic carbocycles. The van der Waals surface area contributed by atoms with Crippen molar-refractivity contribution < 1.29 is 0 Å². The summed E-state index contributed by atoms with van der Waals surface area (Å²) >= 11 is 0. The van der Waals surface area contributed by atoms with Crippen molar-refractivity contribution in [2.45, 2.75) is 40.5 Å². The molecule has 0 N–H and O–H groups in total. The fraction of sp³-hybridized carbons (Fsp3) is 0.146. The van der Waals surface area contributed by atoms with Gasteiger partial charge >= 0.3 is 6.85 Å². The van der Waals surface area contributed by atoms with Crippen LogP contribution in [0.2, 0.25) is 0 Å². The average Bonchev–Trinajstić information content (AvgIpc) is 3.37. The number of benzene rings is 5. The van der Waals surface area contributed by atoms with Gasteiger partial charge in [-0.2, -0.15) is 0 Å². The summed E-state index contributed by atoms with van der Waals surface area (Å²) in [6, 6.07) is 38.4. The highest BCUT2D eigenvalue weighted by Gasteiger charge is 2.43. The van der Waals surface area contributed by atoms with Crippen LogP contribution in [0.5, 0.6) is 0 Å². The van der Waals surface area contributed by atoms with Crippen LogP contribution in [0.4, 0.5) is 17.1 Å². The number of para-hydroxylation sites is 2. The van der Waals surface area contributed by atoms with E-state index in [4.69, 9.17) is 4.98 Å². The molecular weight excluding hydrogens is 545 g/mol. The Morgan fingerprint density at radius 2 is 1.44 bits per heavy atom. The van der Waals surface area contributed by atoms with Gasteiger partial charge in [0.05, 0.1) is 11.2 Å². The molecule has 0 saturated carbocycles. The molecule has 9 rings (SSSR count). The van der Waals surface area contributed by atoms with E-state index in [0.29, 0.717) is 5.92 Å². The Morgan fingerprint density at radius 3 is 2.22 bits per heavy atom. The van der Waals surface area contributed by atoms with E-state index in [0.717, 1.165) is 5.69 Å². The third-order valence-corrected chi connectivity index (χ3v) is 10.0. The zero-order chi connectivity index (χ0) is 30.6. The normalized spacial score (nSPS) is 13.1. The zero-order valence-corrected chi connectivity index (χ0v) is 26.4. The van der Waals surface area contributed by atoms with Crippen LogP contribution >= 0.6 is 0 Å². The van der Waals surface area contributed by atoms with Crippen molar-refractivity contribution in [2.24, 2.45) is 0 Å². The molecule has 5 aromatic carbocycles. The Kier molecular flexibility index (Phi) is 5.53. The Hall–Kier alpha value is -5.09. The molecule has 0 fully saturated rings. The molecule has 0 bridgehead atoms. The number of nitrogens with zero attached hydrogens (tertiary/aromatic N) is 3. The molecule has 3 nitrogen and oxygen atoms in total. The minimum absolute atomic E-state index is 0.0373. The summed E-state index contributed by atoms with van der Waals surface area (Å²) in [5.41, 5.74) is 19.1. The molecule has 0 atom stereocenters. The molecule has 2 aliphatic rings. The van der Waals surface area contributed by atoms with E-state index in [9.17, 15) is 0 Å². The standard InChI is InChI=1S/C41H34BN3/c1-24(2)30-16-18-36-39-38(30)40-41-31(19-20-43-40)32-23-28(37-26(4)21-25(3)22-27(37)5)15-17-34(32)45(41)42(39)33-13-9-10-14-35(33)44(36)29-11-7-6-8-12-29/h6-24H,1-5H3. The molecule has 2 aromatic heterocycles. The third kappa shape index (κ3) is 3.57. The lowest BCUT2D eigenvalue weighted by molar-refractivity contribution is 0.868. The first-order chi connectivity index (χ1) is 21.9. The molecule has 4 heteroatoms. The number of aromatic nitrogens is 2. The van der Waals surface area contributed by atoms with Gasteiger partial charge in [0.15, 0.2) is 0 Å². The topological polar surface area (TPSA) is 21.1 Å². The van der Waals surface area contributed by atoms with E-state index in [1.165, 1.54) is 88.7 Å². The fourth-order valence-corrected chi connectivity index (χ4v) is 8.41. The molecule has 2 aliphatic heterocycles. The second-order valence-corrected chi connectivity index (χ2v) is 13.2. The maximum absolute atomic E-state index is 5.18. The number of rotatable bonds is 3. The van der Waals surface area contributed by atoms with Crippen LogP contribution in [-0.4, -0.2) is 16.3 Å². The van der Waals surface area contributed by atoms with Crippen LogP contribution in [0.15, 0.2) is 109 Å². The number of aryl methyl sites for hydroxylation is 3. The Bertz CT molecular complexity index is 2320. The molecule has 0 radical (unpaired) electrons. The Labute approximate surface area is 264 Å². The van der Waals surface area contributed by atoms with Crippen LogP contribution in [0.1, 0.15) is 42.0 Å². The maximum Gasteiger partial charge on any atom is 0.333 e. The van der Waals surface area contributed by atoms with Gasteiger partial charge in [0, 0.05) is 45.1 Å². The highest BCUT2D eigenvalue weighted by atomic mass is 15.2. The lowest BCUT2D eigenvalue weighted by Gasteiger charge is -2.41. The predicted octanol–water partition coefficient (Wildman–Crippen LogP) is 9.32. The van der Waals surface area contributed by atoms with Crippen molar-refractivity contribution in [2.75, 3.05) is 4.90 Å². The fourth-order valence-electron chi connectivity index (χ4n) is 8.41. The summed E-state index contributed by atoms with van der Waals surface area (Å²) in [4.78, 5) is 7.64. The van der Waals surface area contributed by atoms with E-state index in [2.05, 4.69) is 147 Å². The largest absolute Gasteiger partial charge is 0.374 e. The van der Waals surface area contributed by atoms with Crippen LogP contribution in [0.3, 0.4) is 0 Å². The summed E-state index contributed by atoms with van der Waals surface area (Å²) in [5, 5.41) is 2.56. The van der Waals surface area contributed by atoms with Crippen molar-refractivity contribution in [3.63, 3.8) is 0 Å². The maximum atomic E-state index is 5.18. The van der Waals surface area contributed by atoms with Gasteiger partial charge in [-0.05, 0) is 108 Å². The minimum Gasteiger partial charge on any atom is -0.374 e. The molecule has 0 spiro atoms. The minimum atomic E-state index is 0.0373. The number of fused-ring (bicyclic) bond motifs is 7. The quantitative estimate of drug-likeness (QED) is 0.195. The molecule has 0 unspecified atom stereocenters. The van der Waals surface area contributed by atoms with Crippen LogP contribution in [0, 0.1) is 20.8 Å². The average molecular weight is 580 g/mol. The smallest absolute Gasteiger partial charge is 0.333 e. The molecule has 45 heavy (non-hydrogen) atoms. The zero-order valence-electron chi connectivity index (χ0n) is 26.4. The first-order valence-electron chi connectivity index (χ1n) is 16.0. The van der Waals surface area contributed by atoms with Crippen molar-refractivity contribution in [1.82, 2.24) is 9.46 Å². The van der Waals surface area contributed by atoms with Crippen molar-refractivity contribution in [3.05, 3.63) is 132 Å². The molecule has 0 amide bonds. The SMILES string of the molecule is Cc1cc(C)c(-c2ccc3c(c2)c2ccnc4c2n3B2c3ccccc3N(c3ccccc3)c3ccc(C(C)C)c-4c32)c(C)c1. The number of anilines is 3. The van der Waals surface area contributed by atoms with Gasteiger partial charge in [-0.3, -0.25) is 4.98 Å². The van der Waals surface area contributed by atoms with Gasteiger partial charge in [-0.1, -0.05) is 80.1 Å². The van der Waals surface area contributed by atoms with Crippen LogP contribution in [-0.2, 0) is 0 Å². The Morgan fingerprint density at radius 1 is 0.689 bits per heavy atom.